The largest absolute Gasteiger partial charge is 0.359 e. The number of hydrogen-bond donors (Lipinski definition) is 1. The summed E-state index contributed by atoms with van der Waals surface area (Å²) in [5.74, 6) is -0.105. The monoisotopic (exact) mass is 288 g/mol. The summed E-state index contributed by atoms with van der Waals surface area (Å²) in [6, 6.07) is 4.39. The van der Waals surface area contributed by atoms with Crippen molar-refractivity contribution >= 4 is 10.9 Å². The van der Waals surface area contributed by atoms with Gasteiger partial charge in [0.05, 0.1) is 5.52 Å². The van der Waals surface area contributed by atoms with Crippen LogP contribution in [0.1, 0.15) is 44.2 Å². The number of halogens is 1. The summed E-state index contributed by atoms with van der Waals surface area (Å²) < 4.78 is 14.1. The van der Waals surface area contributed by atoms with Crippen molar-refractivity contribution in [3.63, 3.8) is 0 Å². The molecule has 1 aromatic heterocycles. The van der Waals surface area contributed by atoms with Crippen molar-refractivity contribution in [3.05, 3.63) is 35.3 Å². The highest BCUT2D eigenvalue weighted by molar-refractivity contribution is 5.85. The predicted molar refractivity (Wildman–Crippen MR) is 86.2 cm³/mol. The normalized spacial score (nSPS) is 18.4. The lowest BCUT2D eigenvalue weighted by atomic mass is 9.85. The first-order chi connectivity index (χ1) is 10.2. The number of nitrogens with one attached hydrogen (secondary N) is 1. The van der Waals surface area contributed by atoms with Crippen molar-refractivity contribution < 1.29 is 4.39 Å². The third kappa shape index (κ3) is 2.71. The highest BCUT2D eigenvalue weighted by Crippen LogP contribution is 2.32. The predicted octanol–water partition coefficient (Wildman–Crippen LogP) is 4.29. The number of aromatic amines is 1. The SMILES string of the molecule is CCCN(CCC)[C@H]1CCc2cc(F)c3[nH]ccc3c2C1. The molecule has 3 heteroatoms. The van der Waals surface area contributed by atoms with Crippen LogP contribution in [0.4, 0.5) is 4.39 Å². The van der Waals surface area contributed by atoms with E-state index >= 15 is 0 Å². The molecule has 1 N–H and O–H groups in total. The minimum atomic E-state index is -0.105. The zero-order valence-corrected chi connectivity index (χ0v) is 13.1. The average Bonchev–Trinajstić information content (AvgIpc) is 2.97. The molecule has 0 radical (unpaired) electrons. The molecule has 0 fully saturated rings. The quantitative estimate of drug-likeness (QED) is 0.869. The van der Waals surface area contributed by atoms with E-state index in [1.807, 2.05) is 12.3 Å². The summed E-state index contributed by atoms with van der Waals surface area (Å²) in [4.78, 5) is 5.67. The Balaban J connectivity index is 1.92. The van der Waals surface area contributed by atoms with E-state index in [2.05, 4.69) is 23.7 Å². The molecule has 0 amide bonds. The minimum Gasteiger partial charge on any atom is -0.359 e. The van der Waals surface area contributed by atoms with Gasteiger partial charge in [-0.15, -0.1) is 0 Å². The molecule has 0 bridgehead atoms. The molecule has 3 rings (SSSR count). The van der Waals surface area contributed by atoms with Gasteiger partial charge in [-0.2, -0.15) is 0 Å². The van der Waals surface area contributed by atoms with Crippen molar-refractivity contribution in [3.8, 4) is 0 Å². The van der Waals surface area contributed by atoms with Crippen molar-refractivity contribution in [2.75, 3.05) is 13.1 Å². The Labute approximate surface area is 126 Å². The zero-order chi connectivity index (χ0) is 14.8. The van der Waals surface area contributed by atoms with E-state index in [0.717, 1.165) is 24.6 Å². The summed E-state index contributed by atoms with van der Waals surface area (Å²) in [5, 5.41) is 1.09. The van der Waals surface area contributed by atoms with E-state index in [9.17, 15) is 4.39 Å². The summed E-state index contributed by atoms with van der Waals surface area (Å²) in [7, 11) is 0. The van der Waals surface area contributed by atoms with Gasteiger partial charge in [-0.25, -0.2) is 4.39 Å². The Kier molecular flexibility index (Phi) is 4.29. The first-order valence-electron chi connectivity index (χ1n) is 8.26. The van der Waals surface area contributed by atoms with E-state index in [4.69, 9.17) is 0 Å². The third-order valence-corrected chi connectivity index (χ3v) is 4.72. The number of rotatable bonds is 5. The van der Waals surface area contributed by atoms with Gasteiger partial charge in [-0.1, -0.05) is 13.8 Å². The molecular formula is C18H25FN2. The van der Waals surface area contributed by atoms with Crippen LogP contribution < -0.4 is 0 Å². The smallest absolute Gasteiger partial charge is 0.147 e. The fourth-order valence-electron chi connectivity index (χ4n) is 3.79. The second-order valence-corrected chi connectivity index (χ2v) is 6.20. The van der Waals surface area contributed by atoms with Crippen molar-refractivity contribution in [1.29, 1.82) is 0 Å². The molecule has 0 saturated carbocycles. The van der Waals surface area contributed by atoms with Crippen LogP contribution in [0.2, 0.25) is 0 Å². The molecule has 1 aliphatic carbocycles. The fraction of sp³-hybridized carbons (Fsp3) is 0.556. The highest BCUT2D eigenvalue weighted by atomic mass is 19.1. The van der Waals surface area contributed by atoms with Gasteiger partial charge in [0.2, 0.25) is 0 Å². The van der Waals surface area contributed by atoms with Crippen LogP contribution in [-0.4, -0.2) is 29.0 Å². The maximum Gasteiger partial charge on any atom is 0.147 e. The molecule has 0 saturated heterocycles. The maximum atomic E-state index is 14.1. The molecule has 21 heavy (non-hydrogen) atoms. The highest BCUT2D eigenvalue weighted by Gasteiger charge is 2.26. The van der Waals surface area contributed by atoms with Crippen LogP contribution >= 0.6 is 0 Å². The van der Waals surface area contributed by atoms with E-state index in [1.165, 1.54) is 37.1 Å². The number of nitrogens with zero attached hydrogens (tertiary/aromatic N) is 1. The van der Waals surface area contributed by atoms with Gasteiger partial charge in [-0.05, 0) is 68.5 Å². The second-order valence-electron chi connectivity index (χ2n) is 6.20. The topological polar surface area (TPSA) is 19.0 Å². The van der Waals surface area contributed by atoms with Crippen LogP contribution in [0.25, 0.3) is 10.9 Å². The van der Waals surface area contributed by atoms with Gasteiger partial charge in [0, 0.05) is 17.6 Å². The molecule has 1 heterocycles. The van der Waals surface area contributed by atoms with Gasteiger partial charge in [-0.3, -0.25) is 0 Å². The molecule has 1 aliphatic rings. The third-order valence-electron chi connectivity index (χ3n) is 4.72. The molecule has 0 unspecified atom stereocenters. The standard InChI is InChI=1S/C18H25FN2/c1-3-9-21(10-4-2)14-6-5-13-11-17(19)18-15(7-8-20-18)16(13)12-14/h7-8,11,14,20H,3-6,9-10,12H2,1-2H3/t14-/m0/s1. The first-order valence-corrected chi connectivity index (χ1v) is 8.26. The molecule has 1 atom stereocenters. The number of aromatic nitrogens is 1. The van der Waals surface area contributed by atoms with E-state index in [-0.39, 0.29) is 5.82 Å². The van der Waals surface area contributed by atoms with Gasteiger partial charge in [0.25, 0.3) is 0 Å². The summed E-state index contributed by atoms with van der Waals surface area (Å²) in [6.45, 7) is 6.84. The summed E-state index contributed by atoms with van der Waals surface area (Å²) >= 11 is 0. The van der Waals surface area contributed by atoms with E-state index in [0.29, 0.717) is 11.6 Å². The first kappa shape index (κ1) is 14.6. The zero-order valence-electron chi connectivity index (χ0n) is 13.1. The molecule has 0 spiro atoms. The van der Waals surface area contributed by atoms with Crippen LogP contribution in [0.3, 0.4) is 0 Å². The number of fused-ring (bicyclic) bond motifs is 3. The Bertz CT molecular complexity index is 611. The lowest BCUT2D eigenvalue weighted by molar-refractivity contribution is 0.180. The van der Waals surface area contributed by atoms with Gasteiger partial charge in [0.1, 0.15) is 5.82 Å². The summed E-state index contributed by atoms with van der Waals surface area (Å²) in [6.07, 6.45) is 7.47. The van der Waals surface area contributed by atoms with Crippen LogP contribution in [0.15, 0.2) is 18.3 Å². The number of aryl methyl sites for hydroxylation is 1. The van der Waals surface area contributed by atoms with Crippen molar-refractivity contribution in [1.82, 2.24) is 9.88 Å². The molecule has 1 aromatic carbocycles. The molecule has 2 nitrogen and oxygen atoms in total. The Morgan fingerprint density at radius 2 is 2.05 bits per heavy atom. The van der Waals surface area contributed by atoms with Gasteiger partial charge >= 0.3 is 0 Å². The molecule has 2 aromatic rings. The Morgan fingerprint density at radius 1 is 1.29 bits per heavy atom. The van der Waals surface area contributed by atoms with Crippen molar-refractivity contribution in [2.45, 2.75) is 52.0 Å². The van der Waals surface area contributed by atoms with E-state index < -0.39 is 0 Å². The van der Waals surface area contributed by atoms with Crippen LogP contribution in [-0.2, 0) is 12.8 Å². The molecular weight excluding hydrogens is 263 g/mol. The fourth-order valence-corrected chi connectivity index (χ4v) is 3.79. The van der Waals surface area contributed by atoms with Crippen molar-refractivity contribution in [2.24, 2.45) is 0 Å². The lowest BCUT2D eigenvalue weighted by Crippen LogP contribution is -2.40. The lowest BCUT2D eigenvalue weighted by Gasteiger charge is -2.35. The van der Waals surface area contributed by atoms with E-state index in [1.54, 1.807) is 6.07 Å². The Hall–Kier alpha value is -1.35. The number of H-pyrrole nitrogens is 1. The molecule has 0 aliphatic heterocycles. The van der Waals surface area contributed by atoms with Crippen LogP contribution in [0, 0.1) is 5.82 Å². The van der Waals surface area contributed by atoms with Gasteiger partial charge in [0.15, 0.2) is 0 Å². The number of hydrogen-bond acceptors (Lipinski definition) is 1. The molecule has 114 valence electrons. The van der Waals surface area contributed by atoms with Crippen LogP contribution in [0.5, 0.6) is 0 Å². The number of benzene rings is 1. The maximum absolute atomic E-state index is 14.1. The Morgan fingerprint density at radius 3 is 2.76 bits per heavy atom. The average molecular weight is 288 g/mol. The minimum absolute atomic E-state index is 0.105. The second kappa shape index (κ2) is 6.18. The summed E-state index contributed by atoms with van der Waals surface area (Å²) in [5.41, 5.74) is 3.25. The van der Waals surface area contributed by atoms with Gasteiger partial charge < -0.3 is 9.88 Å².